The fraction of sp³-hybridized carbons (Fsp3) is 0.667. The van der Waals surface area contributed by atoms with E-state index >= 15 is 0 Å². The van der Waals surface area contributed by atoms with Crippen molar-refractivity contribution in [2.24, 2.45) is 11.7 Å². The zero-order valence-electron chi connectivity index (χ0n) is 30.2. The molecule has 1 aromatic carbocycles. The van der Waals surface area contributed by atoms with Crippen LogP contribution in [0.2, 0.25) is 0 Å². The Balaban J connectivity index is 2.01. The highest BCUT2D eigenvalue weighted by Crippen LogP contribution is 2.11. The molecule has 288 valence electrons. The summed E-state index contributed by atoms with van der Waals surface area (Å²) in [5, 5.41) is 17.4. The monoisotopic (exact) mass is 722 g/mol. The van der Waals surface area contributed by atoms with Crippen molar-refractivity contribution in [2.45, 2.75) is 84.1 Å². The van der Waals surface area contributed by atoms with E-state index in [-0.39, 0.29) is 69.3 Å². The Morgan fingerprint density at radius 3 is 2.00 bits per heavy atom. The van der Waals surface area contributed by atoms with Crippen molar-refractivity contribution in [3.63, 3.8) is 0 Å². The maximum Gasteiger partial charge on any atom is 0.303 e. The molecule has 0 aliphatic carbocycles. The van der Waals surface area contributed by atoms with E-state index in [9.17, 15) is 28.8 Å². The number of nitrogens with one attached hydrogen (secondary N) is 3. The summed E-state index contributed by atoms with van der Waals surface area (Å²) in [6.45, 7) is 6.46. The second-order valence-corrected chi connectivity index (χ2v) is 12.2. The summed E-state index contributed by atoms with van der Waals surface area (Å²) in [5.74, 6) is -2.54. The van der Waals surface area contributed by atoms with E-state index in [0.29, 0.717) is 76.9 Å². The number of amides is 3. The molecule has 0 unspecified atom stereocenters. The number of ketones is 2. The van der Waals surface area contributed by atoms with E-state index < -0.39 is 23.8 Å². The number of ether oxygens (including phenoxy) is 4. The molecular formula is C36H58N4O11. The molecule has 0 radical (unpaired) electrons. The largest absolute Gasteiger partial charge is 0.481 e. The number of carboxylic acids is 1. The van der Waals surface area contributed by atoms with Gasteiger partial charge in [0.25, 0.3) is 5.91 Å². The molecule has 0 spiro atoms. The van der Waals surface area contributed by atoms with Crippen molar-refractivity contribution >= 4 is 40.9 Å². The molecule has 3 amide bonds. The van der Waals surface area contributed by atoms with Crippen LogP contribution in [0.5, 0.6) is 0 Å². The Morgan fingerprint density at radius 2 is 1.37 bits per heavy atom. The Hall–Kier alpha value is -3.92. The van der Waals surface area contributed by atoms with Gasteiger partial charge in [-0.05, 0) is 69.2 Å². The van der Waals surface area contributed by atoms with Crippen LogP contribution in [-0.4, -0.2) is 112 Å². The third-order valence-electron chi connectivity index (χ3n) is 7.65. The van der Waals surface area contributed by atoms with E-state index in [1.165, 1.54) is 0 Å². The molecule has 0 saturated carbocycles. The molecule has 2 atom stereocenters. The highest BCUT2D eigenvalue weighted by Gasteiger charge is 2.18. The molecule has 0 saturated heterocycles. The van der Waals surface area contributed by atoms with Crippen LogP contribution in [0, 0.1) is 5.92 Å². The first-order valence-corrected chi connectivity index (χ1v) is 17.8. The zero-order valence-corrected chi connectivity index (χ0v) is 30.2. The minimum absolute atomic E-state index is 0.0196. The number of carboxylic acid groups (broad SMARTS) is 1. The van der Waals surface area contributed by atoms with Gasteiger partial charge < -0.3 is 45.7 Å². The number of aliphatic carboxylic acids is 1. The number of benzene rings is 1. The van der Waals surface area contributed by atoms with Crippen LogP contribution in [0.4, 0.5) is 5.69 Å². The van der Waals surface area contributed by atoms with Gasteiger partial charge in [0.05, 0.1) is 26.4 Å². The normalized spacial score (nSPS) is 12.1. The van der Waals surface area contributed by atoms with Crippen LogP contribution in [0.15, 0.2) is 24.3 Å². The summed E-state index contributed by atoms with van der Waals surface area (Å²) in [5.41, 5.74) is 6.97. The number of anilines is 1. The molecule has 0 heterocycles. The zero-order chi connectivity index (χ0) is 37.7. The lowest BCUT2D eigenvalue weighted by molar-refractivity contribution is -0.137. The van der Waals surface area contributed by atoms with Crippen molar-refractivity contribution < 1.29 is 52.8 Å². The Morgan fingerprint density at radius 1 is 0.745 bits per heavy atom. The predicted octanol–water partition coefficient (Wildman–Crippen LogP) is 2.64. The number of primary amides is 1. The van der Waals surface area contributed by atoms with Gasteiger partial charge in [0.15, 0.2) is 5.78 Å². The number of hydrogen-bond acceptors (Lipinski definition) is 11. The van der Waals surface area contributed by atoms with Gasteiger partial charge >= 0.3 is 5.97 Å². The number of nitrogens with two attached hydrogens (primary N) is 1. The van der Waals surface area contributed by atoms with Gasteiger partial charge in [-0.15, -0.1) is 0 Å². The molecule has 6 N–H and O–H groups in total. The van der Waals surface area contributed by atoms with Crippen LogP contribution in [-0.2, 0) is 42.9 Å². The van der Waals surface area contributed by atoms with Crippen LogP contribution >= 0.6 is 0 Å². The topological polar surface area (TPSA) is 222 Å². The second kappa shape index (κ2) is 28.7. The van der Waals surface area contributed by atoms with Gasteiger partial charge in [-0.3, -0.25) is 28.8 Å². The smallest absolute Gasteiger partial charge is 0.303 e. The van der Waals surface area contributed by atoms with Crippen LogP contribution in [0.3, 0.4) is 0 Å². The third kappa shape index (κ3) is 24.0. The van der Waals surface area contributed by atoms with Gasteiger partial charge in [0, 0.05) is 62.7 Å². The summed E-state index contributed by atoms with van der Waals surface area (Å²) in [7, 11) is 0. The summed E-state index contributed by atoms with van der Waals surface area (Å²) < 4.78 is 21.5. The van der Waals surface area contributed by atoms with Crippen molar-refractivity contribution in [2.75, 3.05) is 71.3 Å². The van der Waals surface area contributed by atoms with Crippen molar-refractivity contribution in [1.29, 1.82) is 0 Å². The third-order valence-corrected chi connectivity index (χ3v) is 7.65. The van der Waals surface area contributed by atoms with Gasteiger partial charge in [-0.2, -0.15) is 0 Å². The molecule has 15 nitrogen and oxygen atoms in total. The molecule has 15 heteroatoms. The standard InChI is InChI=1S/C36H58N4O11/c1-3-17-38-29-14-12-28(13-15-29)36(47)39-18-5-4-9-31(35(37)46)40-33(43)26-51-24-22-48-19-6-8-30(41)25-50-23-21-49-20-7-10-32(42)27(2)11-16-34(44)45/h12-15,27,31,38H,3-11,16-26H2,1-2H3,(H2,37,46)(H,39,47)(H,40,43)(H,44,45)/t27-,31-/m0/s1. The van der Waals surface area contributed by atoms with Crippen LogP contribution < -0.4 is 21.7 Å². The van der Waals surface area contributed by atoms with Gasteiger partial charge in [0.1, 0.15) is 25.0 Å². The molecule has 0 fully saturated rings. The molecule has 51 heavy (non-hydrogen) atoms. The Bertz CT molecular complexity index is 1180. The number of carbonyl (C=O) groups is 6. The lowest BCUT2D eigenvalue weighted by Crippen LogP contribution is -2.45. The van der Waals surface area contributed by atoms with Crippen LogP contribution in [0.25, 0.3) is 0 Å². The maximum atomic E-state index is 12.3. The van der Waals surface area contributed by atoms with Gasteiger partial charge in [0.2, 0.25) is 11.8 Å². The highest BCUT2D eigenvalue weighted by molar-refractivity contribution is 5.94. The molecule has 0 aliphatic rings. The summed E-state index contributed by atoms with van der Waals surface area (Å²) >= 11 is 0. The number of Topliss-reactive ketones (excluding diaryl/α,β-unsaturated/α-hetero) is 2. The summed E-state index contributed by atoms with van der Waals surface area (Å²) in [4.78, 5) is 70.9. The number of hydrogen-bond donors (Lipinski definition) is 5. The first-order chi connectivity index (χ1) is 24.5. The Kier molecular flexibility index (Phi) is 25.4. The fourth-order valence-corrected chi connectivity index (χ4v) is 4.64. The first kappa shape index (κ1) is 45.1. The lowest BCUT2D eigenvalue weighted by atomic mass is 9.97. The average molecular weight is 723 g/mol. The van der Waals surface area contributed by atoms with E-state index in [0.717, 1.165) is 18.7 Å². The molecule has 0 aliphatic heterocycles. The quantitative estimate of drug-likeness (QED) is 0.0661. The number of carbonyl (C=O) groups excluding carboxylic acids is 5. The van der Waals surface area contributed by atoms with E-state index in [2.05, 4.69) is 22.9 Å². The van der Waals surface area contributed by atoms with E-state index in [1.807, 2.05) is 12.1 Å². The minimum Gasteiger partial charge on any atom is -0.481 e. The number of rotatable bonds is 33. The van der Waals surface area contributed by atoms with Crippen LogP contribution in [0.1, 0.15) is 88.4 Å². The molecule has 1 aromatic rings. The second-order valence-electron chi connectivity index (χ2n) is 12.2. The maximum absolute atomic E-state index is 12.3. The van der Waals surface area contributed by atoms with Gasteiger partial charge in [-0.1, -0.05) is 13.8 Å². The summed E-state index contributed by atoms with van der Waals surface area (Å²) in [6, 6.07) is 6.40. The average Bonchev–Trinajstić information content (AvgIpc) is 3.11. The van der Waals surface area contributed by atoms with Crippen molar-refractivity contribution in [3.8, 4) is 0 Å². The van der Waals surface area contributed by atoms with Crippen molar-refractivity contribution in [1.82, 2.24) is 10.6 Å². The van der Waals surface area contributed by atoms with Gasteiger partial charge in [-0.25, -0.2) is 0 Å². The number of unbranched alkanes of at least 4 members (excludes halogenated alkanes) is 1. The molecular weight excluding hydrogens is 664 g/mol. The molecule has 0 bridgehead atoms. The predicted molar refractivity (Wildman–Crippen MR) is 190 cm³/mol. The molecule has 1 rings (SSSR count). The SMILES string of the molecule is CCCNc1ccc(C(=O)NCCCC[C@H](NC(=O)COCCOCCCC(=O)COCCOCCCC(=O)[C@@H](C)CCC(=O)O)C(N)=O)cc1. The first-order valence-electron chi connectivity index (χ1n) is 17.8. The van der Waals surface area contributed by atoms with E-state index in [1.54, 1.807) is 19.1 Å². The van der Waals surface area contributed by atoms with E-state index in [4.69, 9.17) is 29.8 Å². The van der Waals surface area contributed by atoms with Crippen molar-refractivity contribution in [3.05, 3.63) is 29.8 Å². The summed E-state index contributed by atoms with van der Waals surface area (Å²) in [6.07, 6.45) is 4.50. The fourth-order valence-electron chi connectivity index (χ4n) is 4.64. The highest BCUT2D eigenvalue weighted by atomic mass is 16.5. The molecule has 0 aromatic heterocycles. The Labute approximate surface area is 301 Å². The lowest BCUT2D eigenvalue weighted by Gasteiger charge is -2.15. The minimum atomic E-state index is -0.909.